The summed E-state index contributed by atoms with van der Waals surface area (Å²) in [6.07, 6.45) is 1.30. The van der Waals surface area contributed by atoms with Crippen molar-refractivity contribution in [1.82, 2.24) is 4.98 Å². The summed E-state index contributed by atoms with van der Waals surface area (Å²) < 4.78 is 4.87. The lowest BCUT2D eigenvalue weighted by molar-refractivity contribution is 0.181. The topological polar surface area (TPSA) is 71.7 Å². The number of nitrogen functional groups attached to an aromatic ring is 1. The van der Waals surface area contributed by atoms with Crippen LogP contribution in [0.5, 0.6) is 0 Å². The molecule has 0 radical (unpaired) electrons. The molecule has 1 aromatic heterocycles. The lowest BCUT2D eigenvalue weighted by Crippen LogP contribution is -2.25. The first-order valence-electron chi connectivity index (χ1n) is 4.96. The van der Waals surface area contributed by atoms with Crippen LogP contribution in [0.3, 0.4) is 0 Å². The molecule has 2 rings (SSSR count). The molecule has 0 spiro atoms. The number of aromatic nitrogens is 1. The van der Waals surface area contributed by atoms with E-state index in [1.165, 1.54) is 4.90 Å². The second-order valence-corrected chi connectivity index (χ2v) is 3.76. The first-order chi connectivity index (χ1) is 7.59. The highest BCUT2D eigenvalue weighted by atomic mass is 16.6. The summed E-state index contributed by atoms with van der Waals surface area (Å²) in [5.41, 5.74) is 7.25. The van der Waals surface area contributed by atoms with Crippen LogP contribution in [0.15, 0.2) is 12.3 Å². The zero-order valence-corrected chi connectivity index (χ0v) is 9.30. The van der Waals surface area contributed by atoms with Crippen molar-refractivity contribution in [3.05, 3.63) is 12.3 Å². The van der Waals surface area contributed by atoms with Crippen molar-refractivity contribution in [3.63, 3.8) is 0 Å². The number of hydrogen-bond donors (Lipinski definition) is 1. The molecule has 0 saturated carbocycles. The Kier molecular flexibility index (Phi) is 2.55. The molecule has 0 atom stereocenters. The summed E-state index contributed by atoms with van der Waals surface area (Å²) in [5, 5.41) is 0. The van der Waals surface area contributed by atoms with Crippen LogP contribution >= 0.6 is 0 Å². The van der Waals surface area contributed by atoms with Crippen LogP contribution in [0.1, 0.15) is 0 Å². The van der Waals surface area contributed by atoms with Crippen LogP contribution in [-0.2, 0) is 4.74 Å². The van der Waals surface area contributed by atoms with E-state index >= 15 is 0 Å². The van der Waals surface area contributed by atoms with E-state index in [0.29, 0.717) is 24.7 Å². The maximum absolute atomic E-state index is 11.4. The monoisotopic (exact) mass is 222 g/mol. The third-order valence-corrected chi connectivity index (χ3v) is 2.45. The van der Waals surface area contributed by atoms with E-state index in [-0.39, 0.29) is 6.09 Å². The zero-order valence-electron chi connectivity index (χ0n) is 9.30. The minimum Gasteiger partial charge on any atom is -0.447 e. The van der Waals surface area contributed by atoms with E-state index in [1.54, 1.807) is 6.20 Å². The predicted molar refractivity (Wildman–Crippen MR) is 61.7 cm³/mol. The lowest BCUT2D eigenvalue weighted by Gasteiger charge is -2.18. The molecule has 1 amide bonds. The summed E-state index contributed by atoms with van der Waals surface area (Å²) in [7, 11) is 3.80. The summed E-state index contributed by atoms with van der Waals surface area (Å²) in [4.78, 5) is 18.9. The van der Waals surface area contributed by atoms with Crippen LogP contribution < -0.4 is 15.5 Å². The Labute approximate surface area is 93.6 Å². The lowest BCUT2D eigenvalue weighted by atomic mass is 10.3. The normalized spacial score (nSPS) is 15.1. The molecule has 0 aromatic carbocycles. The average Bonchev–Trinajstić information content (AvgIpc) is 2.65. The smallest absolute Gasteiger partial charge is 0.414 e. The molecular formula is C10H14N4O2. The van der Waals surface area contributed by atoms with Crippen LogP contribution in [0.4, 0.5) is 22.0 Å². The van der Waals surface area contributed by atoms with Gasteiger partial charge in [0.15, 0.2) is 0 Å². The van der Waals surface area contributed by atoms with E-state index < -0.39 is 0 Å². The van der Waals surface area contributed by atoms with Gasteiger partial charge < -0.3 is 15.4 Å². The number of amides is 1. The SMILES string of the molecule is CN(C)c1cnc(N)c(N2CCOC2=O)c1. The number of anilines is 3. The van der Waals surface area contributed by atoms with Gasteiger partial charge >= 0.3 is 6.09 Å². The molecule has 16 heavy (non-hydrogen) atoms. The molecule has 1 aliphatic rings. The largest absolute Gasteiger partial charge is 0.447 e. The van der Waals surface area contributed by atoms with E-state index in [9.17, 15) is 4.79 Å². The standard InChI is InChI=1S/C10H14N4O2/c1-13(2)7-5-8(9(11)12-6-7)14-3-4-16-10(14)15/h5-6H,3-4H2,1-2H3,(H2,11,12). The summed E-state index contributed by atoms with van der Waals surface area (Å²) in [6.45, 7) is 0.909. The van der Waals surface area contributed by atoms with Gasteiger partial charge in [0.25, 0.3) is 0 Å². The Morgan fingerprint density at radius 1 is 1.56 bits per heavy atom. The molecule has 2 N–H and O–H groups in total. The van der Waals surface area contributed by atoms with Crippen molar-refractivity contribution in [2.45, 2.75) is 0 Å². The molecule has 1 saturated heterocycles. The van der Waals surface area contributed by atoms with E-state index in [2.05, 4.69) is 4.98 Å². The zero-order chi connectivity index (χ0) is 11.7. The Morgan fingerprint density at radius 2 is 2.31 bits per heavy atom. The van der Waals surface area contributed by atoms with Crippen molar-refractivity contribution in [1.29, 1.82) is 0 Å². The molecule has 2 heterocycles. The maximum Gasteiger partial charge on any atom is 0.414 e. The summed E-state index contributed by atoms with van der Waals surface area (Å²) in [5.74, 6) is 0.337. The van der Waals surface area contributed by atoms with E-state index in [0.717, 1.165) is 5.69 Å². The second-order valence-electron chi connectivity index (χ2n) is 3.76. The first kappa shape index (κ1) is 10.5. The Balaban J connectivity index is 2.38. The Hall–Kier alpha value is -1.98. The Morgan fingerprint density at radius 3 is 2.88 bits per heavy atom. The molecular weight excluding hydrogens is 208 g/mol. The molecule has 1 aromatic rings. The van der Waals surface area contributed by atoms with Gasteiger partial charge in [0, 0.05) is 14.1 Å². The maximum atomic E-state index is 11.4. The fraction of sp³-hybridized carbons (Fsp3) is 0.400. The molecule has 6 heteroatoms. The van der Waals surface area contributed by atoms with Crippen molar-refractivity contribution in [2.75, 3.05) is 42.8 Å². The van der Waals surface area contributed by atoms with Gasteiger partial charge in [-0.15, -0.1) is 0 Å². The molecule has 1 aliphatic heterocycles. The minimum atomic E-state index is -0.371. The van der Waals surface area contributed by atoms with Crippen LogP contribution in [0, 0.1) is 0 Å². The van der Waals surface area contributed by atoms with Gasteiger partial charge in [0.2, 0.25) is 0 Å². The van der Waals surface area contributed by atoms with Gasteiger partial charge in [-0.05, 0) is 6.07 Å². The third kappa shape index (κ3) is 1.73. The molecule has 86 valence electrons. The highest BCUT2D eigenvalue weighted by molar-refractivity contribution is 5.93. The minimum absolute atomic E-state index is 0.337. The van der Waals surface area contributed by atoms with E-state index in [1.807, 2.05) is 25.1 Å². The molecule has 0 aliphatic carbocycles. The number of carbonyl (C=O) groups is 1. The van der Waals surface area contributed by atoms with Crippen LogP contribution in [0.2, 0.25) is 0 Å². The van der Waals surface area contributed by atoms with Crippen molar-refractivity contribution in [2.24, 2.45) is 0 Å². The highest BCUT2D eigenvalue weighted by Crippen LogP contribution is 2.27. The predicted octanol–water partition coefficient (Wildman–Crippen LogP) is 0.686. The number of nitrogens with zero attached hydrogens (tertiary/aromatic N) is 3. The fourth-order valence-electron chi connectivity index (χ4n) is 1.53. The number of nitrogens with two attached hydrogens (primary N) is 1. The number of ether oxygens (including phenoxy) is 1. The fourth-order valence-corrected chi connectivity index (χ4v) is 1.53. The van der Waals surface area contributed by atoms with Gasteiger partial charge in [-0.1, -0.05) is 0 Å². The molecule has 1 fully saturated rings. The highest BCUT2D eigenvalue weighted by Gasteiger charge is 2.26. The number of rotatable bonds is 2. The van der Waals surface area contributed by atoms with Crippen LogP contribution in [0.25, 0.3) is 0 Å². The van der Waals surface area contributed by atoms with E-state index in [4.69, 9.17) is 10.5 Å². The number of carbonyl (C=O) groups excluding carboxylic acids is 1. The number of cyclic esters (lactones) is 1. The van der Waals surface area contributed by atoms with Crippen molar-refractivity contribution < 1.29 is 9.53 Å². The number of pyridine rings is 1. The van der Waals surface area contributed by atoms with Gasteiger partial charge in [-0.2, -0.15) is 0 Å². The Bertz CT molecular complexity index is 419. The van der Waals surface area contributed by atoms with Crippen LogP contribution in [-0.4, -0.2) is 38.3 Å². The molecule has 6 nitrogen and oxygen atoms in total. The van der Waals surface area contributed by atoms with Gasteiger partial charge in [0.1, 0.15) is 12.4 Å². The second kappa shape index (κ2) is 3.88. The van der Waals surface area contributed by atoms with Gasteiger partial charge in [0.05, 0.1) is 24.1 Å². The van der Waals surface area contributed by atoms with Gasteiger partial charge in [-0.3, -0.25) is 4.90 Å². The number of hydrogen-bond acceptors (Lipinski definition) is 5. The van der Waals surface area contributed by atoms with Crippen molar-refractivity contribution >= 4 is 23.3 Å². The first-order valence-corrected chi connectivity index (χ1v) is 4.96. The molecule has 0 unspecified atom stereocenters. The summed E-state index contributed by atoms with van der Waals surface area (Å²) >= 11 is 0. The quantitative estimate of drug-likeness (QED) is 0.797. The van der Waals surface area contributed by atoms with Crippen molar-refractivity contribution in [3.8, 4) is 0 Å². The summed E-state index contributed by atoms with van der Waals surface area (Å²) in [6, 6.07) is 1.83. The third-order valence-electron chi connectivity index (χ3n) is 2.45. The molecule has 0 bridgehead atoms. The van der Waals surface area contributed by atoms with Gasteiger partial charge in [-0.25, -0.2) is 9.78 Å². The average molecular weight is 222 g/mol.